The Morgan fingerprint density at radius 1 is 1.11 bits per heavy atom. The Balaban J connectivity index is 0.00000280. The van der Waals surface area contributed by atoms with E-state index in [1.54, 1.807) is 7.05 Å². The van der Waals surface area contributed by atoms with Crippen LogP contribution in [-0.2, 0) is 13.0 Å². The number of ether oxygens (including phenoxy) is 1. The highest BCUT2D eigenvalue weighted by molar-refractivity contribution is 14.0. The van der Waals surface area contributed by atoms with Gasteiger partial charge in [-0.05, 0) is 55.5 Å². The lowest BCUT2D eigenvalue weighted by Crippen LogP contribution is -2.37. The second-order valence-corrected chi connectivity index (χ2v) is 6.95. The molecule has 3 rings (SSSR count). The Morgan fingerprint density at radius 2 is 1.96 bits per heavy atom. The average Bonchev–Trinajstić information content (AvgIpc) is 2.72. The Labute approximate surface area is 185 Å². The molecular formula is C22H31IN4O. The van der Waals surface area contributed by atoms with Crippen molar-refractivity contribution in [2.75, 3.05) is 13.6 Å². The molecule has 0 unspecified atom stereocenters. The van der Waals surface area contributed by atoms with Gasteiger partial charge in [-0.3, -0.25) is 9.98 Å². The molecule has 2 aromatic rings. The molecule has 0 bridgehead atoms. The zero-order valence-electron chi connectivity index (χ0n) is 16.6. The van der Waals surface area contributed by atoms with Crippen molar-refractivity contribution in [2.45, 2.75) is 51.2 Å². The van der Waals surface area contributed by atoms with E-state index in [9.17, 15) is 0 Å². The van der Waals surface area contributed by atoms with Crippen molar-refractivity contribution in [3.05, 3.63) is 59.9 Å². The molecule has 1 aromatic carbocycles. The van der Waals surface area contributed by atoms with E-state index >= 15 is 0 Å². The van der Waals surface area contributed by atoms with Crippen LogP contribution in [-0.4, -0.2) is 30.6 Å². The number of aromatic nitrogens is 1. The maximum atomic E-state index is 6.16. The van der Waals surface area contributed by atoms with E-state index in [0.29, 0.717) is 12.6 Å². The van der Waals surface area contributed by atoms with Gasteiger partial charge in [0, 0.05) is 38.4 Å². The summed E-state index contributed by atoms with van der Waals surface area (Å²) >= 11 is 0. The van der Waals surface area contributed by atoms with Crippen LogP contribution in [0.3, 0.4) is 0 Å². The van der Waals surface area contributed by atoms with E-state index in [1.807, 2.05) is 24.4 Å². The van der Waals surface area contributed by atoms with Gasteiger partial charge >= 0.3 is 0 Å². The van der Waals surface area contributed by atoms with Gasteiger partial charge in [0.05, 0.1) is 6.10 Å². The van der Waals surface area contributed by atoms with Crippen LogP contribution in [0.25, 0.3) is 0 Å². The first-order valence-corrected chi connectivity index (χ1v) is 9.93. The van der Waals surface area contributed by atoms with Crippen molar-refractivity contribution < 1.29 is 4.74 Å². The summed E-state index contributed by atoms with van der Waals surface area (Å²) in [6.45, 7) is 1.51. The molecule has 1 heterocycles. The SMILES string of the molecule is CN=C(NCCc1ccccn1)NCc1cccc(OC2CCCCC2)c1.I. The zero-order valence-corrected chi connectivity index (χ0v) is 18.9. The molecule has 1 fully saturated rings. The third kappa shape index (κ3) is 7.66. The standard InChI is InChI=1S/C22H30N4O.HI/c1-23-22(25-15-13-19-9-5-6-14-24-19)26-17-18-8-7-12-21(16-18)27-20-10-3-2-4-11-20;/h5-9,12,14,16,20H,2-4,10-11,13,15,17H2,1H3,(H2,23,25,26);1H. The highest BCUT2D eigenvalue weighted by Gasteiger charge is 2.14. The monoisotopic (exact) mass is 494 g/mol. The number of aliphatic imine (C=N–C) groups is 1. The van der Waals surface area contributed by atoms with Gasteiger partial charge < -0.3 is 15.4 Å². The Hall–Kier alpha value is -1.83. The van der Waals surface area contributed by atoms with Crippen LogP contribution in [0.15, 0.2) is 53.7 Å². The first kappa shape index (κ1) is 22.5. The summed E-state index contributed by atoms with van der Waals surface area (Å²) in [4.78, 5) is 8.63. The summed E-state index contributed by atoms with van der Waals surface area (Å²) in [5.41, 5.74) is 2.27. The number of rotatable bonds is 7. The van der Waals surface area contributed by atoms with Crippen molar-refractivity contribution in [1.82, 2.24) is 15.6 Å². The third-order valence-electron chi connectivity index (χ3n) is 4.84. The predicted molar refractivity (Wildman–Crippen MR) is 126 cm³/mol. The van der Waals surface area contributed by atoms with Crippen LogP contribution in [0, 0.1) is 0 Å². The molecule has 6 heteroatoms. The van der Waals surface area contributed by atoms with E-state index in [1.165, 1.54) is 37.7 Å². The lowest BCUT2D eigenvalue weighted by molar-refractivity contribution is 0.155. The summed E-state index contributed by atoms with van der Waals surface area (Å²) < 4.78 is 6.16. The van der Waals surface area contributed by atoms with E-state index in [2.05, 4.69) is 44.9 Å². The fraction of sp³-hybridized carbons (Fsp3) is 0.455. The highest BCUT2D eigenvalue weighted by Crippen LogP contribution is 2.23. The quantitative estimate of drug-likeness (QED) is 0.342. The van der Waals surface area contributed by atoms with Gasteiger partial charge in [-0.2, -0.15) is 0 Å². The average molecular weight is 494 g/mol. The molecule has 1 aliphatic rings. The van der Waals surface area contributed by atoms with Crippen LogP contribution in [0.1, 0.15) is 43.4 Å². The first-order chi connectivity index (χ1) is 13.3. The number of benzene rings is 1. The molecule has 28 heavy (non-hydrogen) atoms. The molecule has 1 saturated carbocycles. The van der Waals surface area contributed by atoms with Gasteiger partial charge in [0.15, 0.2) is 5.96 Å². The van der Waals surface area contributed by atoms with Crippen molar-refractivity contribution >= 4 is 29.9 Å². The van der Waals surface area contributed by atoms with Crippen LogP contribution < -0.4 is 15.4 Å². The second-order valence-electron chi connectivity index (χ2n) is 6.95. The van der Waals surface area contributed by atoms with E-state index < -0.39 is 0 Å². The van der Waals surface area contributed by atoms with Crippen LogP contribution in [0.4, 0.5) is 0 Å². The zero-order chi connectivity index (χ0) is 18.7. The largest absolute Gasteiger partial charge is 0.490 e. The van der Waals surface area contributed by atoms with Crippen molar-refractivity contribution in [2.24, 2.45) is 4.99 Å². The first-order valence-electron chi connectivity index (χ1n) is 9.93. The molecular weight excluding hydrogens is 463 g/mol. The van der Waals surface area contributed by atoms with Crippen molar-refractivity contribution in [3.8, 4) is 5.75 Å². The van der Waals surface area contributed by atoms with E-state index in [-0.39, 0.29) is 24.0 Å². The molecule has 0 saturated heterocycles. The molecule has 1 aromatic heterocycles. The van der Waals surface area contributed by atoms with Gasteiger partial charge in [-0.1, -0.05) is 24.6 Å². The summed E-state index contributed by atoms with van der Waals surface area (Å²) in [6.07, 6.45) is 9.33. The number of hydrogen-bond acceptors (Lipinski definition) is 3. The fourth-order valence-electron chi connectivity index (χ4n) is 3.37. The molecule has 0 radical (unpaired) electrons. The van der Waals surface area contributed by atoms with E-state index in [0.717, 1.165) is 30.4 Å². The van der Waals surface area contributed by atoms with Gasteiger partial charge in [0.2, 0.25) is 0 Å². The smallest absolute Gasteiger partial charge is 0.191 e. The summed E-state index contributed by atoms with van der Waals surface area (Å²) in [5, 5.41) is 6.70. The number of nitrogens with one attached hydrogen (secondary N) is 2. The van der Waals surface area contributed by atoms with Crippen LogP contribution in [0.2, 0.25) is 0 Å². The lowest BCUT2D eigenvalue weighted by Gasteiger charge is -2.23. The summed E-state index contributed by atoms with van der Waals surface area (Å²) in [7, 11) is 1.79. The van der Waals surface area contributed by atoms with Crippen LogP contribution >= 0.6 is 24.0 Å². The Kier molecular flexibility index (Phi) is 10.1. The molecule has 1 aliphatic carbocycles. The number of pyridine rings is 1. The number of nitrogens with zero attached hydrogens (tertiary/aromatic N) is 2. The maximum Gasteiger partial charge on any atom is 0.191 e. The second kappa shape index (κ2) is 12.6. The number of guanidine groups is 1. The lowest BCUT2D eigenvalue weighted by atomic mass is 9.98. The minimum Gasteiger partial charge on any atom is -0.490 e. The van der Waals surface area contributed by atoms with Gasteiger partial charge in [0.25, 0.3) is 0 Å². The van der Waals surface area contributed by atoms with Crippen molar-refractivity contribution in [3.63, 3.8) is 0 Å². The minimum atomic E-state index is 0. The fourth-order valence-corrected chi connectivity index (χ4v) is 3.37. The number of halogens is 1. The summed E-state index contributed by atoms with van der Waals surface area (Å²) in [6, 6.07) is 14.3. The van der Waals surface area contributed by atoms with E-state index in [4.69, 9.17) is 4.74 Å². The molecule has 152 valence electrons. The number of hydrogen-bond donors (Lipinski definition) is 2. The molecule has 0 atom stereocenters. The Morgan fingerprint density at radius 3 is 2.71 bits per heavy atom. The Bertz CT molecular complexity index is 717. The topological polar surface area (TPSA) is 58.5 Å². The molecule has 0 aliphatic heterocycles. The van der Waals surface area contributed by atoms with Crippen molar-refractivity contribution in [1.29, 1.82) is 0 Å². The molecule has 0 spiro atoms. The van der Waals surface area contributed by atoms with Gasteiger partial charge in [0.1, 0.15) is 5.75 Å². The van der Waals surface area contributed by atoms with Gasteiger partial charge in [-0.25, -0.2) is 0 Å². The van der Waals surface area contributed by atoms with Crippen LogP contribution in [0.5, 0.6) is 5.75 Å². The molecule has 2 N–H and O–H groups in total. The van der Waals surface area contributed by atoms with Gasteiger partial charge in [-0.15, -0.1) is 24.0 Å². The summed E-state index contributed by atoms with van der Waals surface area (Å²) in [5.74, 6) is 1.77. The predicted octanol–water partition coefficient (Wildman–Crippen LogP) is 4.32. The molecule has 0 amide bonds. The maximum absolute atomic E-state index is 6.16. The third-order valence-corrected chi connectivity index (χ3v) is 4.84. The normalized spacial score (nSPS) is 14.8. The molecule has 5 nitrogen and oxygen atoms in total. The minimum absolute atomic E-state index is 0. The highest BCUT2D eigenvalue weighted by atomic mass is 127.